The molecule has 0 aliphatic carbocycles. The SMILES string of the molecule is O=c1n(Cc2ncc(Cl)cc2F)nc2n1C[C@H](C(F)(F)F)CC2. The van der Waals surface area contributed by atoms with E-state index in [1.165, 1.54) is 6.20 Å². The third-order valence-corrected chi connectivity index (χ3v) is 3.97. The van der Waals surface area contributed by atoms with Gasteiger partial charge in [0.1, 0.15) is 11.6 Å². The molecule has 0 radical (unpaired) electrons. The maximum absolute atomic E-state index is 13.7. The summed E-state index contributed by atoms with van der Waals surface area (Å²) in [5, 5.41) is 4.09. The van der Waals surface area contributed by atoms with Gasteiger partial charge in [-0.2, -0.15) is 18.3 Å². The monoisotopic (exact) mass is 350 g/mol. The maximum Gasteiger partial charge on any atom is 0.393 e. The second kappa shape index (κ2) is 5.63. The van der Waals surface area contributed by atoms with E-state index in [-0.39, 0.29) is 35.9 Å². The molecule has 2 aromatic heterocycles. The lowest BCUT2D eigenvalue weighted by Crippen LogP contribution is -2.36. The molecule has 0 N–H and O–H groups in total. The fourth-order valence-corrected chi connectivity index (χ4v) is 2.69. The first-order chi connectivity index (χ1) is 10.8. The van der Waals surface area contributed by atoms with Crippen molar-refractivity contribution in [1.82, 2.24) is 19.3 Å². The maximum atomic E-state index is 13.7. The fourth-order valence-electron chi connectivity index (χ4n) is 2.54. The van der Waals surface area contributed by atoms with Crippen LogP contribution in [-0.2, 0) is 19.5 Å². The molecule has 3 rings (SSSR count). The molecule has 0 aromatic carbocycles. The van der Waals surface area contributed by atoms with Crippen molar-refractivity contribution in [3.05, 3.63) is 45.1 Å². The molecule has 2 aromatic rings. The molecule has 0 bridgehead atoms. The minimum Gasteiger partial charge on any atom is -0.278 e. The molecule has 1 atom stereocenters. The van der Waals surface area contributed by atoms with Gasteiger partial charge in [0, 0.05) is 19.2 Å². The number of hydrogen-bond acceptors (Lipinski definition) is 3. The minimum absolute atomic E-state index is 0.0446. The van der Waals surface area contributed by atoms with Crippen LogP contribution in [0.5, 0.6) is 0 Å². The predicted octanol–water partition coefficient (Wildman–Crippen LogP) is 2.41. The van der Waals surface area contributed by atoms with Crippen LogP contribution in [0.1, 0.15) is 17.9 Å². The van der Waals surface area contributed by atoms with Gasteiger partial charge in [-0.15, -0.1) is 0 Å². The number of aryl methyl sites for hydroxylation is 1. The zero-order valence-electron chi connectivity index (χ0n) is 11.6. The van der Waals surface area contributed by atoms with Crippen LogP contribution in [0.3, 0.4) is 0 Å². The van der Waals surface area contributed by atoms with Gasteiger partial charge in [-0.05, 0) is 12.5 Å². The van der Waals surface area contributed by atoms with E-state index in [2.05, 4.69) is 10.1 Å². The van der Waals surface area contributed by atoms with Gasteiger partial charge < -0.3 is 0 Å². The Morgan fingerprint density at radius 1 is 1.39 bits per heavy atom. The highest BCUT2D eigenvalue weighted by Gasteiger charge is 2.42. The molecule has 0 spiro atoms. The van der Waals surface area contributed by atoms with E-state index in [0.717, 1.165) is 15.3 Å². The van der Waals surface area contributed by atoms with Gasteiger partial charge in [-0.3, -0.25) is 9.55 Å². The third kappa shape index (κ3) is 3.10. The molecule has 23 heavy (non-hydrogen) atoms. The Balaban J connectivity index is 1.89. The first-order valence-electron chi connectivity index (χ1n) is 6.79. The Morgan fingerprint density at radius 2 is 2.13 bits per heavy atom. The summed E-state index contributed by atoms with van der Waals surface area (Å²) in [5.74, 6) is -2.01. The number of nitrogens with zero attached hydrogens (tertiary/aromatic N) is 4. The van der Waals surface area contributed by atoms with Gasteiger partial charge in [-0.1, -0.05) is 11.6 Å². The van der Waals surface area contributed by atoms with Gasteiger partial charge in [0.15, 0.2) is 0 Å². The average Bonchev–Trinajstić information content (AvgIpc) is 2.77. The number of fused-ring (bicyclic) bond motifs is 1. The van der Waals surface area contributed by atoms with Crippen LogP contribution in [0.25, 0.3) is 0 Å². The average molecular weight is 351 g/mol. The van der Waals surface area contributed by atoms with Crippen molar-refractivity contribution in [2.24, 2.45) is 5.92 Å². The highest BCUT2D eigenvalue weighted by Crippen LogP contribution is 2.33. The molecule has 0 unspecified atom stereocenters. The Morgan fingerprint density at radius 3 is 2.78 bits per heavy atom. The number of aromatic nitrogens is 4. The van der Waals surface area contributed by atoms with E-state index in [4.69, 9.17) is 11.6 Å². The molecule has 0 amide bonds. The van der Waals surface area contributed by atoms with E-state index in [9.17, 15) is 22.4 Å². The molecule has 5 nitrogen and oxygen atoms in total. The number of rotatable bonds is 2. The second-order valence-electron chi connectivity index (χ2n) is 5.33. The highest BCUT2D eigenvalue weighted by molar-refractivity contribution is 6.30. The lowest BCUT2D eigenvalue weighted by molar-refractivity contribution is -0.182. The number of hydrogen-bond donors (Lipinski definition) is 0. The molecule has 1 aliphatic rings. The number of pyridine rings is 1. The highest BCUT2D eigenvalue weighted by atomic mass is 35.5. The van der Waals surface area contributed by atoms with Gasteiger partial charge in [0.05, 0.1) is 23.2 Å². The summed E-state index contributed by atoms with van der Waals surface area (Å²) in [5.41, 5.74) is -0.760. The van der Waals surface area contributed by atoms with Gasteiger partial charge in [0.25, 0.3) is 0 Å². The van der Waals surface area contributed by atoms with Crippen molar-refractivity contribution in [3.8, 4) is 0 Å². The molecule has 0 saturated heterocycles. The summed E-state index contributed by atoms with van der Waals surface area (Å²) in [6.07, 6.45) is -3.21. The van der Waals surface area contributed by atoms with Crippen molar-refractivity contribution in [1.29, 1.82) is 0 Å². The van der Waals surface area contributed by atoms with Crippen LogP contribution in [0, 0.1) is 11.7 Å². The molecular weight excluding hydrogens is 340 g/mol. The van der Waals surface area contributed by atoms with Crippen LogP contribution < -0.4 is 5.69 Å². The Kier molecular flexibility index (Phi) is 3.91. The zero-order chi connectivity index (χ0) is 16.8. The summed E-state index contributed by atoms with van der Waals surface area (Å²) in [7, 11) is 0. The lowest BCUT2D eigenvalue weighted by atomic mass is 9.99. The molecule has 0 saturated carbocycles. The first kappa shape index (κ1) is 16.0. The molecule has 3 heterocycles. The molecule has 124 valence electrons. The summed E-state index contributed by atoms with van der Waals surface area (Å²) in [4.78, 5) is 16.0. The Hall–Kier alpha value is -1.90. The number of halogens is 5. The fraction of sp³-hybridized carbons (Fsp3) is 0.462. The quantitative estimate of drug-likeness (QED) is 0.782. The van der Waals surface area contributed by atoms with Crippen molar-refractivity contribution in [3.63, 3.8) is 0 Å². The molecule has 0 fully saturated rings. The van der Waals surface area contributed by atoms with E-state index >= 15 is 0 Å². The van der Waals surface area contributed by atoms with E-state index < -0.39 is 30.1 Å². The largest absolute Gasteiger partial charge is 0.393 e. The summed E-state index contributed by atoms with van der Waals surface area (Å²) in [6, 6.07) is 1.05. The van der Waals surface area contributed by atoms with E-state index in [1.807, 2.05) is 0 Å². The standard InChI is InChI=1S/C13H11ClF4N4O/c14-8-3-9(15)10(19-4-8)6-22-12(23)21-5-7(13(16,17)18)1-2-11(21)20-22/h3-4,7H,1-2,5-6H2/t7-/m1/s1. The van der Waals surface area contributed by atoms with E-state index in [1.54, 1.807) is 0 Å². The van der Waals surface area contributed by atoms with Gasteiger partial charge >= 0.3 is 11.9 Å². The van der Waals surface area contributed by atoms with Crippen molar-refractivity contribution in [2.45, 2.75) is 32.1 Å². The Bertz CT molecular complexity index is 798. The summed E-state index contributed by atoms with van der Waals surface area (Å²) < 4.78 is 54.0. The third-order valence-electron chi connectivity index (χ3n) is 3.77. The van der Waals surface area contributed by atoms with Crippen LogP contribution in [-0.4, -0.2) is 25.5 Å². The minimum atomic E-state index is -4.36. The molecular formula is C13H11ClF4N4O. The normalized spacial score (nSPS) is 18.0. The second-order valence-corrected chi connectivity index (χ2v) is 5.76. The summed E-state index contributed by atoms with van der Waals surface area (Å²) in [6.45, 7) is -0.729. The van der Waals surface area contributed by atoms with Crippen LogP contribution in [0.4, 0.5) is 17.6 Å². The van der Waals surface area contributed by atoms with Crippen molar-refractivity contribution in [2.75, 3.05) is 0 Å². The first-order valence-corrected chi connectivity index (χ1v) is 7.16. The van der Waals surface area contributed by atoms with Gasteiger partial charge in [0.2, 0.25) is 0 Å². The lowest BCUT2D eigenvalue weighted by Gasteiger charge is -2.24. The smallest absolute Gasteiger partial charge is 0.278 e. The van der Waals surface area contributed by atoms with Crippen molar-refractivity contribution < 1.29 is 17.6 Å². The van der Waals surface area contributed by atoms with Crippen LogP contribution in [0.2, 0.25) is 5.02 Å². The van der Waals surface area contributed by atoms with E-state index in [0.29, 0.717) is 0 Å². The van der Waals surface area contributed by atoms with Gasteiger partial charge in [-0.25, -0.2) is 13.9 Å². The number of alkyl halides is 3. The zero-order valence-corrected chi connectivity index (χ0v) is 12.4. The van der Waals surface area contributed by atoms with Crippen LogP contribution >= 0.6 is 11.6 Å². The Labute approximate surface area is 132 Å². The molecule has 1 aliphatic heterocycles. The predicted molar refractivity (Wildman–Crippen MR) is 72.7 cm³/mol. The van der Waals surface area contributed by atoms with Crippen LogP contribution in [0.15, 0.2) is 17.1 Å². The van der Waals surface area contributed by atoms with Crippen molar-refractivity contribution >= 4 is 11.6 Å². The summed E-state index contributed by atoms with van der Waals surface area (Å²) >= 11 is 5.60. The topological polar surface area (TPSA) is 52.7 Å². The molecule has 10 heteroatoms.